The molecule has 1 aromatic carbocycles. The monoisotopic (exact) mass is 353 g/mol. The Labute approximate surface area is 140 Å². The van der Waals surface area contributed by atoms with Gasteiger partial charge >= 0.3 is 6.18 Å². The number of halogens is 3. The number of hydrogen-bond acceptors (Lipinski definition) is 4. The average molecular weight is 353 g/mol. The molecule has 0 saturated carbocycles. The number of aryl methyl sites for hydroxylation is 2. The number of furan rings is 1. The van der Waals surface area contributed by atoms with Gasteiger partial charge in [0.15, 0.2) is 0 Å². The molecule has 0 radical (unpaired) electrons. The van der Waals surface area contributed by atoms with Crippen LogP contribution in [0, 0.1) is 13.8 Å². The molecule has 3 nitrogen and oxygen atoms in total. The molecule has 2 aromatic heterocycles. The molecule has 0 amide bonds. The molecule has 3 rings (SSSR count). The fourth-order valence-electron chi connectivity index (χ4n) is 2.49. The van der Waals surface area contributed by atoms with E-state index < -0.39 is 11.1 Å². The van der Waals surface area contributed by atoms with Crippen LogP contribution in [0.25, 0.3) is 11.0 Å². The summed E-state index contributed by atoms with van der Waals surface area (Å²) in [5.41, 5.74) is 3.59. The molecule has 0 atom stereocenters. The zero-order valence-electron chi connectivity index (χ0n) is 13.0. The zero-order valence-corrected chi connectivity index (χ0v) is 13.8. The number of alkyl halides is 3. The Morgan fingerprint density at radius 2 is 2.00 bits per heavy atom. The van der Waals surface area contributed by atoms with E-state index in [1.54, 1.807) is 0 Å². The first-order valence-corrected chi connectivity index (χ1v) is 8.07. The predicted octanol–water partition coefficient (Wildman–Crippen LogP) is 4.88. The van der Waals surface area contributed by atoms with E-state index in [0.717, 1.165) is 33.9 Å². The van der Waals surface area contributed by atoms with Gasteiger partial charge in [-0.3, -0.25) is 4.79 Å². The highest BCUT2D eigenvalue weighted by atomic mass is 32.1. The van der Waals surface area contributed by atoms with Crippen molar-refractivity contribution in [2.24, 2.45) is 0 Å². The van der Waals surface area contributed by atoms with Gasteiger partial charge in [0.25, 0.3) is 0 Å². The van der Waals surface area contributed by atoms with Gasteiger partial charge in [0.2, 0.25) is 0 Å². The lowest BCUT2D eigenvalue weighted by Gasteiger charge is -2.01. The first kappa shape index (κ1) is 16.7. The number of rotatable bonds is 4. The second-order valence-electron chi connectivity index (χ2n) is 5.65. The molecule has 126 valence electrons. The van der Waals surface area contributed by atoms with Crippen LogP contribution in [-0.4, -0.2) is 10.8 Å². The average Bonchev–Trinajstić information content (AvgIpc) is 3.10. The molecule has 0 aliphatic carbocycles. The summed E-state index contributed by atoms with van der Waals surface area (Å²) in [6.45, 7) is 3.92. The Kier molecular flexibility index (Phi) is 4.21. The highest BCUT2D eigenvalue weighted by molar-refractivity contribution is 7.11. The minimum Gasteiger partial charge on any atom is -0.464 e. The third-order valence-corrected chi connectivity index (χ3v) is 4.95. The number of carbonyl (C=O) groups is 1. The Bertz CT molecular complexity index is 908. The maximum Gasteiger partial charge on any atom is 0.427 e. The van der Waals surface area contributed by atoms with Crippen LogP contribution < -0.4 is 0 Å². The Morgan fingerprint density at radius 3 is 2.67 bits per heavy atom. The van der Waals surface area contributed by atoms with E-state index in [9.17, 15) is 18.0 Å². The largest absolute Gasteiger partial charge is 0.464 e. The number of benzene rings is 1. The van der Waals surface area contributed by atoms with E-state index in [4.69, 9.17) is 4.42 Å². The molecule has 0 unspecified atom stereocenters. The van der Waals surface area contributed by atoms with E-state index >= 15 is 0 Å². The van der Waals surface area contributed by atoms with Crippen LogP contribution in [0.1, 0.15) is 26.6 Å². The number of carbonyl (C=O) groups excluding carboxylic acids is 1. The highest BCUT2D eigenvalue weighted by Crippen LogP contribution is 2.33. The molecule has 7 heteroatoms. The molecule has 0 saturated heterocycles. The van der Waals surface area contributed by atoms with Crippen molar-refractivity contribution >= 4 is 28.1 Å². The van der Waals surface area contributed by atoms with Crippen LogP contribution in [0.5, 0.6) is 0 Å². The number of aromatic nitrogens is 1. The van der Waals surface area contributed by atoms with Crippen molar-refractivity contribution in [3.05, 3.63) is 51.2 Å². The summed E-state index contributed by atoms with van der Waals surface area (Å²) in [6, 6.07) is 3.85. The van der Waals surface area contributed by atoms with Gasteiger partial charge in [0, 0.05) is 17.4 Å². The number of fused-ring (bicyclic) bond motifs is 1. The minimum absolute atomic E-state index is 0.108. The molecule has 0 N–H and O–H groups in total. The Morgan fingerprint density at radius 1 is 1.25 bits per heavy atom. The fraction of sp³-hybridized carbons (Fsp3) is 0.294. The molecular weight excluding hydrogens is 339 g/mol. The summed E-state index contributed by atoms with van der Waals surface area (Å²) in [6.07, 6.45) is -2.12. The molecule has 24 heavy (non-hydrogen) atoms. The normalized spacial score (nSPS) is 12.0. The van der Waals surface area contributed by atoms with Crippen LogP contribution in [-0.2, 0) is 23.8 Å². The van der Waals surface area contributed by atoms with Gasteiger partial charge in [-0.1, -0.05) is 12.1 Å². The quantitative estimate of drug-likeness (QED) is 0.671. The van der Waals surface area contributed by atoms with Crippen LogP contribution in [0.15, 0.2) is 29.0 Å². The summed E-state index contributed by atoms with van der Waals surface area (Å²) >= 11 is 0.508. The molecule has 0 spiro atoms. The SMILES string of the molecule is Cc1ccc2c(CC(=O)Cc3ncc(C(F)(F)F)s3)coc2c1C. The van der Waals surface area contributed by atoms with Gasteiger partial charge < -0.3 is 4.42 Å². The summed E-state index contributed by atoms with van der Waals surface area (Å²) in [4.78, 5) is 15.1. The molecule has 0 bridgehead atoms. The number of Topliss-reactive ketones (excluding diaryl/α,β-unsaturated/α-hetero) is 1. The lowest BCUT2D eigenvalue weighted by Crippen LogP contribution is -2.06. The molecule has 3 aromatic rings. The minimum atomic E-state index is -4.42. The van der Waals surface area contributed by atoms with Crippen molar-refractivity contribution in [3.8, 4) is 0 Å². The van der Waals surface area contributed by atoms with Crippen LogP contribution in [0.3, 0.4) is 0 Å². The second kappa shape index (κ2) is 6.05. The van der Waals surface area contributed by atoms with Crippen LogP contribution in [0.4, 0.5) is 13.2 Å². The van der Waals surface area contributed by atoms with Gasteiger partial charge in [-0.2, -0.15) is 13.2 Å². The number of ketones is 1. The summed E-state index contributed by atoms with van der Waals surface area (Å²) < 4.78 is 43.2. The van der Waals surface area contributed by atoms with E-state index in [1.165, 1.54) is 6.26 Å². The smallest absolute Gasteiger partial charge is 0.427 e. The Hall–Kier alpha value is -2.15. The van der Waals surface area contributed by atoms with E-state index in [0.29, 0.717) is 11.3 Å². The summed E-state index contributed by atoms with van der Waals surface area (Å²) in [7, 11) is 0. The lowest BCUT2D eigenvalue weighted by molar-refractivity contribution is -0.134. The molecule has 0 aliphatic heterocycles. The lowest BCUT2D eigenvalue weighted by atomic mass is 10.0. The molecule has 0 aliphatic rings. The van der Waals surface area contributed by atoms with E-state index in [-0.39, 0.29) is 23.6 Å². The first-order valence-electron chi connectivity index (χ1n) is 7.25. The van der Waals surface area contributed by atoms with Gasteiger partial charge in [0.1, 0.15) is 21.3 Å². The first-order chi connectivity index (χ1) is 11.3. The molecule has 2 heterocycles. The van der Waals surface area contributed by atoms with Crippen molar-refractivity contribution in [2.45, 2.75) is 32.9 Å². The topological polar surface area (TPSA) is 43.1 Å². The molecule has 0 fully saturated rings. The van der Waals surface area contributed by atoms with Gasteiger partial charge in [-0.05, 0) is 25.0 Å². The van der Waals surface area contributed by atoms with Gasteiger partial charge in [-0.15, -0.1) is 11.3 Å². The fourth-order valence-corrected chi connectivity index (χ4v) is 3.31. The van der Waals surface area contributed by atoms with Crippen molar-refractivity contribution in [2.75, 3.05) is 0 Å². The third-order valence-electron chi connectivity index (χ3n) is 3.91. The van der Waals surface area contributed by atoms with Crippen molar-refractivity contribution in [3.63, 3.8) is 0 Å². The van der Waals surface area contributed by atoms with Crippen molar-refractivity contribution < 1.29 is 22.4 Å². The van der Waals surface area contributed by atoms with Crippen molar-refractivity contribution in [1.82, 2.24) is 4.98 Å². The van der Waals surface area contributed by atoms with E-state index in [1.807, 2.05) is 26.0 Å². The second-order valence-corrected chi connectivity index (χ2v) is 6.77. The summed E-state index contributed by atoms with van der Waals surface area (Å²) in [5.74, 6) is -0.195. The standard InChI is InChI=1S/C17H14F3NO2S/c1-9-3-4-13-11(8-23-16(13)10(9)2)5-12(22)6-15-21-7-14(24-15)17(18,19)20/h3-4,7-8H,5-6H2,1-2H3. The van der Waals surface area contributed by atoms with Gasteiger partial charge in [0.05, 0.1) is 18.9 Å². The zero-order chi connectivity index (χ0) is 17.5. The maximum absolute atomic E-state index is 12.6. The number of thiazole rings is 1. The number of hydrogen-bond donors (Lipinski definition) is 0. The number of nitrogens with zero attached hydrogens (tertiary/aromatic N) is 1. The van der Waals surface area contributed by atoms with Crippen molar-refractivity contribution in [1.29, 1.82) is 0 Å². The highest BCUT2D eigenvalue weighted by Gasteiger charge is 2.33. The van der Waals surface area contributed by atoms with Crippen LogP contribution >= 0.6 is 11.3 Å². The van der Waals surface area contributed by atoms with E-state index in [2.05, 4.69) is 4.98 Å². The van der Waals surface area contributed by atoms with Gasteiger partial charge in [-0.25, -0.2) is 4.98 Å². The van der Waals surface area contributed by atoms with Crippen LogP contribution in [0.2, 0.25) is 0 Å². The summed E-state index contributed by atoms with van der Waals surface area (Å²) in [5, 5.41) is 1.04. The third kappa shape index (κ3) is 3.21. The molecular formula is C17H14F3NO2S. The maximum atomic E-state index is 12.6. The predicted molar refractivity (Wildman–Crippen MR) is 85.2 cm³/mol. The Balaban J connectivity index is 1.76.